The van der Waals surface area contributed by atoms with Gasteiger partial charge >= 0.3 is 0 Å². The van der Waals surface area contributed by atoms with Gasteiger partial charge in [0.1, 0.15) is 6.67 Å². The molecule has 2 aromatic carbocycles. The summed E-state index contributed by atoms with van der Waals surface area (Å²) >= 11 is 0. The summed E-state index contributed by atoms with van der Waals surface area (Å²) in [6.07, 6.45) is 0.679. The molecule has 0 amide bonds. The van der Waals surface area contributed by atoms with E-state index in [-0.39, 0.29) is 20.1 Å². The summed E-state index contributed by atoms with van der Waals surface area (Å²) in [7, 11) is 0. The van der Waals surface area contributed by atoms with Gasteiger partial charge in [0.05, 0.1) is 5.69 Å². The predicted molar refractivity (Wildman–Crippen MR) is 74.6 cm³/mol. The Morgan fingerprint density at radius 1 is 0.950 bits per heavy atom. The molecule has 0 aliphatic rings. The molecule has 1 nitrogen and oxygen atoms in total. The van der Waals surface area contributed by atoms with E-state index < -0.39 is 6.67 Å². The van der Waals surface area contributed by atoms with E-state index in [1.807, 2.05) is 30.3 Å². The molecule has 1 heterocycles. The van der Waals surface area contributed by atoms with Crippen LogP contribution in [0, 0.1) is 6.07 Å². The fourth-order valence-corrected chi connectivity index (χ4v) is 2.17. The second-order valence-corrected chi connectivity index (χ2v) is 4.52. The minimum Gasteiger partial charge on any atom is -0.255 e. The number of benzene rings is 2. The zero-order valence-electron chi connectivity index (χ0n) is 10.8. The molecular formula is C17H13FIrN-. The maximum atomic E-state index is 12.6. The maximum absolute atomic E-state index is 12.6. The molecular weight excluding hydrogens is 429 g/mol. The van der Waals surface area contributed by atoms with Crippen molar-refractivity contribution in [1.29, 1.82) is 0 Å². The number of rotatable bonds is 3. The van der Waals surface area contributed by atoms with Crippen molar-refractivity contribution in [2.24, 2.45) is 0 Å². The van der Waals surface area contributed by atoms with Gasteiger partial charge in [-0.1, -0.05) is 24.3 Å². The second kappa shape index (κ2) is 6.74. The van der Waals surface area contributed by atoms with Crippen LogP contribution in [0.4, 0.5) is 4.39 Å². The molecule has 3 aromatic rings. The summed E-state index contributed by atoms with van der Waals surface area (Å²) < 4.78 is 12.6. The number of fused-ring (bicyclic) bond motifs is 1. The van der Waals surface area contributed by atoms with Crippen molar-refractivity contribution in [3.05, 3.63) is 77.6 Å². The van der Waals surface area contributed by atoms with Gasteiger partial charge in [-0.3, -0.25) is 4.98 Å². The third-order valence-corrected chi connectivity index (χ3v) is 3.11. The SMILES string of the molecule is FCc1cccc(Cc2[c-]cc3ccccc3c2)n1.[Ir]. The number of hydrogen-bond donors (Lipinski definition) is 0. The molecule has 0 saturated carbocycles. The van der Waals surface area contributed by atoms with E-state index in [1.165, 1.54) is 10.8 Å². The molecule has 0 N–H and O–H groups in total. The van der Waals surface area contributed by atoms with Crippen molar-refractivity contribution in [2.75, 3.05) is 0 Å². The first kappa shape index (κ1) is 14.8. The van der Waals surface area contributed by atoms with Crippen LogP contribution in [0.3, 0.4) is 0 Å². The Kier molecular flexibility index (Phi) is 4.99. The molecule has 0 saturated heterocycles. The van der Waals surface area contributed by atoms with Crippen molar-refractivity contribution in [3.63, 3.8) is 0 Å². The Balaban J connectivity index is 0.00000147. The van der Waals surface area contributed by atoms with Gasteiger partial charge in [0.25, 0.3) is 0 Å². The standard InChI is InChI=1S/C17H13FN.Ir/c18-12-17-7-3-6-16(19-17)11-13-8-9-14-4-1-2-5-15(14)10-13;/h1-7,9-10H,11-12H2;/q-1;. The van der Waals surface area contributed by atoms with E-state index >= 15 is 0 Å². The van der Waals surface area contributed by atoms with Gasteiger partial charge < -0.3 is 0 Å². The maximum Gasteiger partial charge on any atom is 0.131 e. The zero-order chi connectivity index (χ0) is 13.1. The average Bonchev–Trinajstić information content (AvgIpc) is 2.47. The topological polar surface area (TPSA) is 12.9 Å². The van der Waals surface area contributed by atoms with Gasteiger partial charge in [-0.15, -0.1) is 16.8 Å². The molecule has 0 aliphatic carbocycles. The number of pyridine rings is 1. The first-order valence-electron chi connectivity index (χ1n) is 6.25. The third kappa shape index (κ3) is 3.30. The summed E-state index contributed by atoms with van der Waals surface area (Å²) in [5, 5.41) is 2.37. The molecule has 3 heteroatoms. The summed E-state index contributed by atoms with van der Waals surface area (Å²) in [5.74, 6) is 0. The number of aromatic nitrogens is 1. The van der Waals surface area contributed by atoms with E-state index in [0.29, 0.717) is 12.1 Å². The van der Waals surface area contributed by atoms with Crippen LogP contribution in [0.25, 0.3) is 10.8 Å². The molecule has 20 heavy (non-hydrogen) atoms. The van der Waals surface area contributed by atoms with E-state index in [1.54, 1.807) is 6.07 Å². The van der Waals surface area contributed by atoms with Gasteiger partial charge in [-0.05, 0) is 18.6 Å². The summed E-state index contributed by atoms with van der Waals surface area (Å²) in [4.78, 5) is 4.27. The van der Waals surface area contributed by atoms with Gasteiger partial charge in [0.15, 0.2) is 0 Å². The van der Waals surface area contributed by atoms with E-state index in [2.05, 4.69) is 29.2 Å². The first-order valence-corrected chi connectivity index (χ1v) is 6.25. The molecule has 3 rings (SSSR count). The van der Waals surface area contributed by atoms with Crippen molar-refractivity contribution in [1.82, 2.24) is 4.98 Å². The first-order chi connectivity index (χ1) is 9.35. The average molecular weight is 443 g/mol. The van der Waals surface area contributed by atoms with Gasteiger partial charge in [0, 0.05) is 25.8 Å². The molecule has 1 aromatic heterocycles. The Morgan fingerprint density at radius 2 is 1.70 bits per heavy atom. The molecule has 1 radical (unpaired) electrons. The normalized spacial score (nSPS) is 10.2. The van der Waals surface area contributed by atoms with Crippen molar-refractivity contribution < 1.29 is 24.5 Å². The summed E-state index contributed by atoms with van der Waals surface area (Å²) in [6, 6.07) is 21.0. The van der Waals surface area contributed by atoms with Crippen molar-refractivity contribution in [3.8, 4) is 0 Å². The third-order valence-electron chi connectivity index (χ3n) is 3.11. The molecule has 0 spiro atoms. The second-order valence-electron chi connectivity index (χ2n) is 4.52. The minimum absolute atomic E-state index is 0. The Labute approximate surface area is 131 Å². The van der Waals surface area contributed by atoms with Crippen LogP contribution >= 0.6 is 0 Å². The Morgan fingerprint density at radius 3 is 2.50 bits per heavy atom. The van der Waals surface area contributed by atoms with E-state index in [0.717, 1.165) is 11.3 Å². The Hall–Kier alpha value is -1.57. The van der Waals surface area contributed by atoms with Gasteiger partial charge in [-0.2, -0.15) is 23.8 Å². The predicted octanol–water partition coefficient (Wildman–Crippen LogP) is 4.09. The largest absolute Gasteiger partial charge is 0.255 e. The fraction of sp³-hybridized carbons (Fsp3) is 0.118. The number of hydrogen-bond acceptors (Lipinski definition) is 1. The van der Waals surface area contributed by atoms with Crippen LogP contribution in [-0.4, -0.2) is 4.98 Å². The van der Waals surface area contributed by atoms with E-state index in [4.69, 9.17) is 0 Å². The molecule has 0 bridgehead atoms. The van der Waals surface area contributed by atoms with Crippen LogP contribution in [-0.2, 0) is 33.2 Å². The molecule has 0 aliphatic heterocycles. The molecule has 103 valence electrons. The monoisotopic (exact) mass is 443 g/mol. The van der Waals surface area contributed by atoms with Crippen LogP contribution in [0.15, 0.2) is 54.6 Å². The fourth-order valence-electron chi connectivity index (χ4n) is 2.17. The summed E-state index contributed by atoms with van der Waals surface area (Å²) in [6.45, 7) is -0.519. The number of alkyl halides is 1. The molecule has 0 atom stereocenters. The van der Waals surface area contributed by atoms with Crippen LogP contribution in [0.1, 0.15) is 17.0 Å². The van der Waals surface area contributed by atoms with Gasteiger partial charge in [-0.25, -0.2) is 4.39 Å². The zero-order valence-corrected chi connectivity index (χ0v) is 13.2. The Bertz CT molecular complexity index is 712. The van der Waals surface area contributed by atoms with Crippen molar-refractivity contribution >= 4 is 10.8 Å². The van der Waals surface area contributed by atoms with Crippen LogP contribution < -0.4 is 0 Å². The smallest absolute Gasteiger partial charge is 0.131 e. The minimum atomic E-state index is -0.519. The molecule has 0 fully saturated rings. The quantitative estimate of drug-likeness (QED) is 0.557. The van der Waals surface area contributed by atoms with Gasteiger partial charge in [0.2, 0.25) is 0 Å². The number of nitrogens with zero attached hydrogens (tertiary/aromatic N) is 1. The summed E-state index contributed by atoms with van der Waals surface area (Å²) in [5.41, 5.74) is 2.43. The number of halogens is 1. The van der Waals surface area contributed by atoms with Crippen LogP contribution in [0.2, 0.25) is 0 Å². The van der Waals surface area contributed by atoms with Crippen LogP contribution in [0.5, 0.6) is 0 Å². The van der Waals surface area contributed by atoms with E-state index in [9.17, 15) is 4.39 Å². The van der Waals surface area contributed by atoms with Crippen molar-refractivity contribution in [2.45, 2.75) is 13.1 Å². The molecule has 0 unspecified atom stereocenters.